The highest BCUT2D eigenvalue weighted by Gasteiger charge is 2.19. The Morgan fingerprint density at radius 2 is 2.05 bits per heavy atom. The number of anilines is 1. The smallest absolute Gasteiger partial charge is 0.253 e. The largest absolute Gasteiger partial charge is 0.385 e. The number of hydrogen-bond acceptors (Lipinski definition) is 2. The molecule has 1 aromatic rings. The van der Waals surface area contributed by atoms with Crippen LogP contribution in [0.25, 0.3) is 0 Å². The van der Waals surface area contributed by atoms with Crippen molar-refractivity contribution in [2.75, 3.05) is 25.0 Å². The summed E-state index contributed by atoms with van der Waals surface area (Å²) in [7, 11) is 0. The lowest BCUT2D eigenvalue weighted by atomic mass is 9.99. The van der Waals surface area contributed by atoms with Gasteiger partial charge in [-0.15, -0.1) is 0 Å². The molecule has 1 aromatic carbocycles. The fourth-order valence-electron chi connectivity index (χ4n) is 3.00. The molecule has 1 aliphatic rings. The summed E-state index contributed by atoms with van der Waals surface area (Å²) >= 11 is 0. The summed E-state index contributed by atoms with van der Waals surface area (Å²) in [5.74, 6) is 0.783. The Labute approximate surface area is 128 Å². The van der Waals surface area contributed by atoms with Crippen LogP contribution >= 0.6 is 0 Å². The van der Waals surface area contributed by atoms with E-state index in [1.165, 1.54) is 11.3 Å². The van der Waals surface area contributed by atoms with Crippen LogP contribution in [-0.4, -0.2) is 30.4 Å². The third-order valence-corrected chi connectivity index (χ3v) is 4.59. The molecule has 3 nitrogen and oxygen atoms in total. The minimum absolute atomic E-state index is 0.178. The molecule has 0 saturated carbocycles. The van der Waals surface area contributed by atoms with Crippen molar-refractivity contribution in [2.24, 2.45) is 5.92 Å². The summed E-state index contributed by atoms with van der Waals surface area (Å²) in [6.07, 6.45) is 4.49. The number of rotatable bonds is 6. The lowest BCUT2D eigenvalue weighted by molar-refractivity contribution is 0.0735. The van der Waals surface area contributed by atoms with Gasteiger partial charge in [-0.1, -0.05) is 26.7 Å². The summed E-state index contributed by atoms with van der Waals surface area (Å²) < 4.78 is 0. The highest BCUT2D eigenvalue weighted by atomic mass is 16.2. The minimum atomic E-state index is 0.178. The van der Waals surface area contributed by atoms with Gasteiger partial charge in [-0.3, -0.25) is 4.79 Å². The van der Waals surface area contributed by atoms with Crippen molar-refractivity contribution < 1.29 is 4.79 Å². The standard InChI is InChI=1S/C18H28N2O/c1-4-14(5-2)13-20(6-3)18(21)16-9-10-17-15(12-16)8-7-11-19-17/h9-10,12,14,19H,4-8,11,13H2,1-3H3. The lowest BCUT2D eigenvalue weighted by Gasteiger charge is -2.26. The summed E-state index contributed by atoms with van der Waals surface area (Å²) in [6.45, 7) is 9.17. The predicted octanol–water partition coefficient (Wildman–Crippen LogP) is 3.94. The molecule has 1 N–H and O–H groups in total. The number of aryl methyl sites for hydroxylation is 1. The molecule has 21 heavy (non-hydrogen) atoms. The Morgan fingerprint density at radius 3 is 2.71 bits per heavy atom. The van der Waals surface area contributed by atoms with Gasteiger partial charge in [0.1, 0.15) is 0 Å². The van der Waals surface area contributed by atoms with Crippen molar-refractivity contribution in [1.82, 2.24) is 4.90 Å². The number of hydrogen-bond donors (Lipinski definition) is 1. The van der Waals surface area contributed by atoms with Gasteiger partial charge in [0.25, 0.3) is 5.91 Å². The SMILES string of the molecule is CCC(CC)CN(CC)C(=O)c1ccc2c(c1)CCCN2. The van der Waals surface area contributed by atoms with Gasteiger partial charge < -0.3 is 10.2 Å². The van der Waals surface area contributed by atoms with Crippen LogP contribution in [0.4, 0.5) is 5.69 Å². The Kier molecular flexibility index (Phi) is 5.66. The number of fused-ring (bicyclic) bond motifs is 1. The molecule has 0 bridgehead atoms. The summed E-state index contributed by atoms with van der Waals surface area (Å²) in [6, 6.07) is 6.11. The predicted molar refractivity (Wildman–Crippen MR) is 88.9 cm³/mol. The molecule has 0 spiro atoms. The zero-order chi connectivity index (χ0) is 15.2. The Balaban J connectivity index is 2.13. The number of nitrogens with zero attached hydrogens (tertiary/aromatic N) is 1. The van der Waals surface area contributed by atoms with Gasteiger partial charge in [-0.05, 0) is 49.4 Å². The molecule has 0 fully saturated rings. The molecular weight excluding hydrogens is 260 g/mol. The van der Waals surface area contributed by atoms with E-state index < -0.39 is 0 Å². The van der Waals surface area contributed by atoms with Gasteiger partial charge >= 0.3 is 0 Å². The van der Waals surface area contributed by atoms with Crippen LogP contribution in [0, 0.1) is 5.92 Å². The van der Waals surface area contributed by atoms with Crippen molar-refractivity contribution in [3.63, 3.8) is 0 Å². The average molecular weight is 288 g/mol. The molecule has 3 heteroatoms. The maximum Gasteiger partial charge on any atom is 0.253 e. The Bertz CT molecular complexity index is 480. The number of carbonyl (C=O) groups excluding carboxylic acids is 1. The van der Waals surface area contributed by atoms with Crippen LogP contribution in [0.3, 0.4) is 0 Å². The average Bonchev–Trinajstić information content (AvgIpc) is 2.55. The van der Waals surface area contributed by atoms with Crippen LogP contribution in [0.15, 0.2) is 18.2 Å². The molecule has 0 aliphatic carbocycles. The fourth-order valence-corrected chi connectivity index (χ4v) is 3.00. The van der Waals surface area contributed by atoms with E-state index in [2.05, 4.69) is 38.2 Å². The third kappa shape index (κ3) is 3.78. The topological polar surface area (TPSA) is 32.3 Å². The minimum Gasteiger partial charge on any atom is -0.385 e. The first-order valence-corrected chi connectivity index (χ1v) is 8.35. The van der Waals surface area contributed by atoms with Gasteiger partial charge in [0, 0.05) is 30.9 Å². The summed E-state index contributed by atoms with van der Waals surface area (Å²) in [5, 5.41) is 3.40. The molecular formula is C18H28N2O. The van der Waals surface area contributed by atoms with Crippen LogP contribution in [0.5, 0.6) is 0 Å². The Hall–Kier alpha value is -1.51. The molecule has 1 amide bonds. The van der Waals surface area contributed by atoms with Gasteiger partial charge in [0.05, 0.1) is 0 Å². The molecule has 0 unspecified atom stereocenters. The number of amides is 1. The first-order chi connectivity index (χ1) is 10.2. The van der Waals surface area contributed by atoms with E-state index in [0.29, 0.717) is 5.92 Å². The quantitative estimate of drug-likeness (QED) is 0.860. The molecule has 0 aromatic heterocycles. The maximum absolute atomic E-state index is 12.7. The summed E-state index contributed by atoms with van der Waals surface area (Å²) in [4.78, 5) is 14.7. The summed E-state index contributed by atoms with van der Waals surface area (Å²) in [5.41, 5.74) is 3.32. The molecule has 2 rings (SSSR count). The van der Waals surface area contributed by atoms with E-state index in [1.54, 1.807) is 0 Å². The van der Waals surface area contributed by atoms with E-state index in [1.807, 2.05) is 11.0 Å². The van der Waals surface area contributed by atoms with Gasteiger partial charge in [0.15, 0.2) is 0 Å². The Morgan fingerprint density at radius 1 is 1.29 bits per heavy atom. The zero-order valence-electron chi connectivity index (χ0n) is 13.6. The van der Waals surface area contributed by atoms with Gasteiger partial charge in [-0.2, -0.15) is 0 Å². The van der Waals surface area contributed by atoms with Crippen molar-refractivity contribution in [2.45, 2.75) is 46.5 Å². The molecule has 1 aliphatic heterocycles. The molecule has 0 radical (unpaired) electrons. The van der Waals surface area contributed by atoms with E-state index >= 15 is 0 Å². The third-order valence-electron chi connectivity index (χ3n) is 4.59. The maximum atomic E-state index is 12.7. The lowest BCUT2D eigenvalue weighted by Crippen LogP contribution is -2.35. The number of benzene rings is 1. The second-order valence-electron chi connectivity index (χ2n) is 5.93. The molecule has 0 saturated heterocycles. The van der Waals surface area contributed by atoms with Crippen molar-refractivity contribution >= 4 is 11.6 Å². The van der Waals surface area contributed by atoms with E-state index in [4.69, 9.17) is 0 Å². The van der Waals surface area contributed by atoms with Crippen LogP contribution < -0.4 is 5.32 Å². The highest BCUT2D eigenvalue weighted by molar-refractivity contribution is 5.95. The number of nitrogens with one attached hydrogen (secondary N) is 1. The molecule has 0 atom stereocenters. The monoisotopic (exact) mass is 288 g/mol. The number of carbonyl (C=O) groups is 1. The fraction of sp³-hybridized carbons (Fsp3) is 0.611. The van der Waals surface area contributed by atoms with Crippen LogP contribution in [-0.2, 0) is 6.42 Å². The van der Waals surface area contributed by atoms with Crippen molar-refractivity contribution in [3.05, 3.63) is 29.3 Å². The van der Waals surface area contributed by atoms with Crippen LogP contribution in [0.2, 0.25) is 0 Å². The first-order valence-electron chi connectivity index (χ1n) is 8.35. The van der Waals surface area contributed by atoms with E-state index in [9.17, 15) is 4.79 Å². The van der Waals surface area contributed by atoms with E-state index in [0.717, 1.165) is 50.9 Å². The van der Waals surface area contributed by atoms with Gasteiger partial charge in [0.2, 0.25) is 0 Å². The van der Waals surface area contributed by atoms with Crippen molar-refractivity contribution in [3.8, 4) is 0 Å². The molecule has 116 valence electrons. The second kappa shape index (κ2) is 7.48. The van der Waals surface area contributed by atoms with E-state index in [-0.39, 0.29) is 5.91 Å². The molecule has 1 heterocycles. The first kappa shape index (κ1) is 15.9. The highest BCUT2D eigenvalue weighted by Crippen LogP contribution is 2.24. The normalized spacial score (nSPS) is 13.7. The second-order valence-corrected chi connectivity index (χ2v) is 5.93. The van der Waals surface area contributed by atoms with Crippen LogP contribution in [0.1, 0.15) is 56.0 Å². The van der Waals surface area contributed by atoms with Crippen molar-refractivity contribution in [1.29, 1.82) is 0 Å². The van der Waals surface area contributed by atoms with Gasteiger partial charge in [-0.25, -0.2) is 0 Å². The zero-order valence-corrected chi connectivity index (χ0v) is 13.6.